The van der Waals surface area contributed by atoms with Gasteiger partial charge in [-0.1, -0.05) is 24.3 Å². The maximum Gasteiger partial charge on any atom is 0.280 e. The van der Waals surface area contributed by atoms with Crippen molar-refractivity contribution in [3.63, 3.8) is 0 Å². The summed E-state index contributed by atoms with van der Waals surface area (Å²) in [6.45, 7) is 0. The third-order valence-corrected chi connectivity index (χ3v) is 3.92. The topological polar surface area (TPSA) is 110 Å². The fourth-order valence-electron chi connectivity index (χ4n) is 3.03. The molecule has 0 saturated carbocycles. The summed E-state index contributed by atoms with van der Waals surface area (Å²) in [6.07, 6.45) is 1.52. The number of H-pyrrole nitrogens is 1. The Morgan fingerprint density at radius 3 is 3.05 bits per heavy atom. The van der Waals surface area contributed by atoms with E-state index in [9.17, 15) is 9.90 Å². The molecule has 0 unspecified atom stereocenters. The van der Waals surface area contributed by atoms with E-state index >= 15 is 0 Å². The van der Waals surface area contributed by atoms with E-state index < -0.39 is 6.10 Å². The van der Waals surface area contributed by atoms with E-state index in [1.165, 1.54) is 6.33 Å². The minimum atomic E-state index is -0.581. The van der Waals surface area contributed by atoms with E-state index in [4.69, 9.17) is 5.73 Å². The summed E-state index contributed by atoms with van der Waals surface area (Å²) in [7, 11) is 0. The van der Waals surface area contributed by atoms with Gasteiger partial charge in [-0.2, -0.15) is 4.98 Å². The Kier molecular flexibility index (Phi) is 2.40. The lowest BCUT2D eigenvalue weighted by atomic mass is 10.1. The van der Waals surface area contributed by atoms with Crippen molar-refractivity contribution in [2.45, 2.75) is 18.6 Å². The Morgan fingerprint density at radius 2 is 2.19 bits per heavy atom. The van der Waals surface area contributed by atoms with Gasteiger partial charge >= 0.3 is 0 Å². The molecule has 7 heteroatoms. The van der Waals surface area contributed by atoms with Crippen molar-refractivity contribution in [2.24, 2.45) is 0 Å². The second-order valence-corrected chi connectivity index (χ2v) is 5.19. The zero-order valence-electron chi connectivity index (χ0n) is 11.0. The van der Waals surface area contributed by atoms with Crippen LogP contribution in [-0.4, -0.2) is 30.7 Å². The van der Waals surface area contributed by atoms with Gasteiger partial charge < -0.3 is 15.4 Å². The van der Waals surface area contributed by atoms with Gasteiger partial charge in [-0.05, 0) is 11.1 Å². The van der Waals surface area contributed by atoms with Crippen molar-refractivity contribution >= 4 is 17.1 Å². The fraction of sp³-hybridized carbons (Fsp3) is 0.214. The van der Waals surface area contributed by atoms with Crippen LogP contribution in [0.15, 0.2) is 35.4 Å². The van der Waals surface area contributed by atoms with Gasteiger partial charge in [0.25, 0.3) is 5.56 Å². The third-order valence-electron chi connectivity index (χ3n) is 3.92. The third kappa shape index (κ3) is 1.67. The summed E-state index contributed by atoms with van der Waals surface area (Å²) >= 11 is 0. The first kappa shape index (κ1) is 12.1. The second kappa shape index (κ2) is 4.16. The number of anilines is 1. The highest BCUT2D eigenvalue weighted by Crippen LogP contribution is 2.35. The number of aliphatic hydroxyl groups excluding tert-OH is 1. The number of hydrogen-bond donors (Lipinski definition) is 3. The number of nitrogen functional groups attached to an aromatic ring is 1. The smallest absolute Gasteiger partial charge is 0.280 e. The first-order valence-electron chi connectivity index (χ1n) is 6.63. The van der Waals surface area contributed by atoms with Gasteiger partial charge in [-0.15, -0.1) is 0 Å². The standard InChI is InChI=1S/C14H13N5O2/c15-14-17-12-10(13(21)18-14)16-6-19(12)11-8-4-2-1-3-7(8)5-9(11)20/h1-4,6,9,11,20H,5H2,(H3,15,17,18,21)/t9-,11+/m1/s1. The zero-order chi connectivity index (χ0) is 14.6. The lowest BCUT2D eigenvalue weighted by Crippen LogP contribution is -2.21. The number of nitrogens with two attached hydrogens (primary N) is 1. The molecule has 4 N–H and O–H groups in total. The van der Waals surface area contributed by atoms with E-state index in [0.29, 0.717) is 12.1 Å². The van der Waals surface area contributed by atoms with E-state index in [1.807, 2.05) is 24.3 Å². The summed E-state index contributed by atoms with van der Waals surface area (Å²) < 4.78 is 1.72. The van der Waals surface area contributed by atoms with Crippen LogP contribution in [0.3, 0.4) is 0 Å². The average Bonchev–Trinajstić information content (AvgIpc) is 2.98. The predicted molar refractivity (Wildman–Crippen MR) is 76.9 cm³/mol. The number of imidazole rings is 1. The van der Waals surface area contributed by atoms with Crippen LogP contribution in [0.4, 0.5) is 5.95 Å². The molecular weight excluding hydrogens is 270 g/mol. The molecule has 0 bridgehead atoms. The van der Waals surface area contributed by atoms with Gasteiger partial charge in [0.1, 0.15) is 0 Å². The minimum Gasteiger partial charge on any atom is -0.390 e. The van der Waals surface area contributed by atoms with Crippen molar-refractivity contribution in [1.29, 1.82) is 0 Å². The van der Waals surface area contributed by atoms with Crippen molar-refractivity contribution in [2.75, 3.05) is 5.73 Å². The first-order valence-corrected chi connectivity index (χ1v) is 6.63. The molecule has 0 fully saturated rings. The number of hydrogen-bond acceptors (Lipinski definition) is 5. The summed E-state index contributed by atoms with van der Waals surface area (Å²) in [5, 5.41) is 10.4. The molecule has 2 atom stereocenters. The molecule has 7 nitrogen and oxygen atoms in total. The van der Waals surface area contributed by atoms with Crippen molar-refractivity contribution in [3.05, 3.63) is 52.1 Å². The molecule has 1 aromatic carbocycles. The number of aromatic nitrogens is 4. The average molecular weight is 283 g/mol. The van der Waals surface area contributed by atoms with Crippen LogP contribution in [0.2, 0.25) is 0 Å². The maximum atomic E-state index is 11.8. The summed E-state index contributed by atoms with van der Waals surface area (Å²) in [4.78, 5) is 22.5. The lowest BCUT2D eigenvalue weighted by Gasteiger charge is -2.18. The summed E-state index contributed by atoms with van der Waals surface area (Å²) in [5.74, 6) is 0.0371. The molecule has 21 heavy (non-hydrogen) atoms. The predicted octanol–water partition coefficient (Wildman–Crippen LogP) is 0.208. The quantitative estimate of drug-likeness (QED) is 0.591. The molecule has 2 heterocycles. The van der Waals surface area contributed by atoms with Crippen LogP contribution >= 0.6 is 0 Å². The maximum absolute atomic E-state index is 11.8. The highest BCUT2D eigenvalue weighted by atomic mass is 16.3. The molecule has 0 saturated heterocycles. The Hall–Kier alpha value is -2.67. The number of rotatable bonds is 1. The summed E-state index contributed by atoms with van der Waals surface area (Å²) in [6, 6.07) is 7.53. The number of aliphatic hydroxyl groups is 1. The van der Waals surface area contributed by atoms with E-state index in [2.05, 4.69) is 15.0 Å². The molecule has 0 amide bonds. The highest BCUT2D eigenvalue weighted by Gasteiger charge is 2.33. The molecule has 1 aliphatic carbocycles. The van der Waals surface area contributed by atoms with Crippen molar-refractivity contribution < 1.29 is 5.11 Å². The largest absolute Gasteiger partial charge is 0.390 e. The molecule has 2 aromatic heterocycles. The molecular formula is C14H13N5O2. The zero-order valence-corrected chi connectivity index (χ0v) is 11.0. The van der Waals surface area contributed by atoms with Crippen LogP contribution in [-0.2, 0) is 6.42 Å². The van der Waals surface area contributed by atoms with Gasteiger partial charge in [0, 0.05) is 6.42 Å². The van der Waals surface area contributed by atoms with Crippen molar-refractivity contribution in [1.82, 2.24) is 19.5 Å². The normalized spacial score (nSPS) is 20.8. The SMILES string of the molecule is Nc1nc2c(ncn2[C@H]2c3ccccc3C[C@H]2O)c(=O)[nH]1. The molecule has 4 rings (SSSR count). The molecule has 1 aliphatic rings. The first-order chi connectivity index (χ1) is 10.1. The van der Waals surface area contributed by atoms with Gasteiger partial charge in [-0.25, -0.2) is 4.98 Å². The van der Waals surface area contributed by atoms with Crippen LogP contribution in [0.25, 0.3) is 11.2 Å². The Bertz CT molecular complexity index is 898. The monoisotopic (exact) mass is 283 g/mol. The number of nitrogens with zero attached hydrogens (tertiary/aromatic N) is 3. The van der Waals surface area contributed by atoms with E-state index in [-0.39, 0.29) is 23.1 Å². The summed E-state index contributed by atoms with van der Waals surface area (Å²) in [5.41, 5.74) is 7.95. The van der Waals surface area contributed by atoms with Gasteiger partial charge in [0.05, 0.1) is 18.5 Å². The Morgan fingerprint density at radius 1 is 1.38 bits per heavy atom. The number of nitrogens with one attached hydrogen (secondary N) is 1. The fourth-order valence-corrected chi connectivity index (χ4v) is 3.03. The Balaban J connectivity index is 1.97. The van der Waals surface area contributed by atoms with Crippen molar-refractivity contribution in [3.8, 4) is 0 Å². The van der Waals surface area contributed by atoms with Gasteiger partial charge in [0.2, 0.25) is 5.95 Å². The van der Waals surface area contributed by atoms with Crippen LogP contribution < -0.4 is 11.3 Å². The van der Waals surface area contributed by atoms with E-state index in [0.717, 1.165) is 11.1 Å². The second-order valence-electron chi connectivity index (χ2n) is 5.19. The number of fused-ring (bicyclic) bond motifs is 2. The molecule has 3 aromatic rings. The number of aromatic amines is 1. The molecule has 0 spiro atoms. The number of benzene rings is 1. The van der Waals surface area contributed by atoms with Crippen LogP contribution in [0.5, 0.6) is 0 Å². The van der Waals surface area contributed by atoms with Crippen LogP contribution in [0, 0.1) is 0 Å². The van der Waals surface area contributed by atoms with Gasteiger partial charge in [0.15, 0.2) is 11.2 Å². The molecule has 0 aliphatic heterocycles. The van der Waals surface area contributed by atoms with E-state index in [1.54, 1.807) is 4.57 Å². The lowest BCUT2D eigenvalue weighted by molar-refractivity contribution is 0.145. The Labute approximate surface area is 119 Å². The van der Waals surface area contributed by atoms with Crippen LogP contribution in [0.1, 0.15) is 17.2 Å². The molecule has 106 valence electrons. The van der Waals surface area contributed by atoms with Gasteiger partial charge in [-0.3, -0.25) is 9.78 Å². The molecule has 0 radical (unpaired) electrons. The highest BCUT2D eigenvalue weighted by molar-refractivity contribution is 5.71. The minimum absolute atomic E-state index is 0.0371.